The number of hydrogen-bond acceptors (Lipinski definition) is 12. The van der Waals surface area contributed by atoms with Crippen molar-refractivity contribution in [2.45, 2.75) is 73.8 Å². The highest BCUT2D eigenvalue weighted by atomic mass is 16.7. The number of ether oxygens (including phenoxy) is 3. The van der Waals surface area contributed by atoms with E-state index in [4.69, 9.17) is 19.9 Å². The van der Waals surface area contributed by atoms with Crippen molar-refractivity contribution in [2.24, 2.45) is 5.73 Å². The van der Waals surface area contributed by atoms with E-state index in [2.05, 4.69) is 0 Å². The maximum atomic E-state index is 10.6. The lowest BCUT2D eigenvalue weighted by molar-refractivity contribution is -0.389. The molecule has 160 valence electrons. The van der Waals surface area contributed by atoms with Gasteiger partial charge in [0.05, 0.1) is 13.2 Å². The second-order valence-electron chi connectivity index (χ2n) is 6.80. The van der Waals surface area contributed by atoms with E-state index >= 15 is 0 Å². The lowest BCUT2D eigenvalue weighted by atomic mass is 9.80. The monoisotopic (exact) mass is 399 g/mol. The minimum absolute atomic E-state index is 0.113. The Morgan fingerprint density at radius 1 is 0.815 bits per heavy atom. The molecule has 2 aliphatic heterocycles. The maximum absolute atomic E-state index is 10.6. The SMILES string of the molecule is NCCC[C@@]1(O[C@H]2O[C@H](CO)[C@H](O)[C@H](O)[C@H]2O)[C@@H](O)[C@H](O)O[C@H](CO)[C@@H]1O. The maximum Gasteiger partial charge on any atom is 0.187 e. The fourth-order valence-corrected chi connectivity index (χ4v) is 3.46. The third-order valence-corrected chi connectivity index (χ3v) is 5.07. The van der Waals surface area contributed by atoms with Crippen molar-refractivity contribution < 1.29 is 55.1 Å². The highest BCUT2D eigenvalue weighted by Crippen LogP contribution is 2.39. The minimum atomic E-state index is -1.97. The van der Waals surface area contributed by atoms with Crippen LogP contribution in [-0.2, 0) is 14.2 Å². The molecule has 12 heteroatoms. The van der Waals surface area contributed by atoms with Crippen molar-refractivity contribution in [3.05, 3.63) is 0 Å². The number of rotatable bonds is 7. The van der Waals surface area contributed by atoms with Gasteiger partial charge in [0.15, 0.2) is 12.6 Å². The zero-order chi connectivity index (χ0) is 20.4. The van der Waals surface area contributed by atoms with Crippen LogP contribution in [0.25, 0.3) is 0 Å². The van der Waals surface area contributed by atoms with Crippen LogP contribution in [0.15, 0.2) is 0 Å². The lowest BCUT2D eigenvalue weighted by Gasteiger charge is -2.52. The summed E-state index contributed by atoms with van der Waals surface area (Å²) >= 11 is 0. The van der Waals surface area contributed by atoms with Gasteiger partial charge in [0.2, 0.25) is 0 Å². The highest BCUT2D eigenvalue weighted by molar-refractivity contribution is 5.04. The van der Waals surface area contributed by atoms with E-state index in [1.807, 2.05) is 0 Å². The summed E-state index contributed by atoms with van der Waals surface area (Å²) in [5.74, 6) is 0. The normalized spacial score (nSPS) is 48.6. The standard InChI is InChI=1S/C15H29NO11/c16-3-1-2-15(11(22)7(5-18)25-13(24)12(15)23)27-14-10(21)9(20)8(19)6(4-17)26-14/h6-14,17-24H,1-5,16H2/t6-,7-,8+,9+,10-,11+,12+,13-,14-,15+/m1/s1. The van der Waals surface area contributed by atoms with E-state index in [0.717, 1.165) is 0 Å². The second-order valence-corrected chi connectivity index (χ2v) is 6.80. The Bertz CT molecular complexity index is 469. The van der Waals surface area contributed by atoms with Gasteiger partial charge in [0.1, 0.15) is 48.3 Å². The Morgan fingerprint density at radius 2 is 1.44 bits per heavy atom. The summed E-state index contributed by atoms with van der Waals surface area (Å²) in [4.78, 5) is 0. The van der Waals surface area contributed by atoms with Crippen LogP contribution in [0, 0.1) is 0 Å². The van der Waals surface area contributed by atoms with Gasteiger partial charge in [-0.3, -0.25) is 0 Å². The van der Waals surface area contributed by atoms with Crippen LogP contribution < -0.4 is 5.73 Å². The highest BCUT2D eigenvalue weighted by Gasteiger charge is 2.59. The van der Waals surface area contributed by atoms with Crippen molar-refractivity contribution in [1.29, 1.82) is 0 Å². The van der Waals surface area contributed by atoms with Crippen LogP contribution in [0.3, 0.4) is 0 Å². The summed E-state index contributed by atoms with van der Waals surface area (Å²) in [7, 11) is 0. The van der Waals surface area contributed by atoms with Crippen LogP contribution in [-0.4, -0.2) is 122 Å². The molecule has 0 unspecified atom stereocenters. The van der Waals surface area contributed by atoms with Gasteiger partial charge in [0, 0.05) is 0 Å². The lowest BCUT2D eigenvalue weighted by Crippen LogP contribution is -2.71. The molecule has 10 atom stereocenters. The molecule has 2 aliphatic rings. The van der Waals surface area contributed by atoms with E-state index in [1.165, 1.54) is 0 Å². The van der Waals surface area contributed by atoms with Gasteiger partial charge in [-0.1, -0.05) is 0 Å². The van der Waals surface area contributed by atoms with E-state index in [9.17, 15) is 40.9 Å². The summed E-state index contributed by atoms with van der Waals surface area (Å²) in [6, 6.07) is 0. The molecule has 12 nitrogen and oxygen atoms in total. The van der Waals surface area contributed by atoms with E-state index in [1.54, 1.807) is 0 Å². The van der Waals surface area contributed by atoms with Gasteiger partial charge in [-0.05, 0) is 19.4 Å². The van der Waals surface area contributed by atoms with Crippen molar-refractivity contribution in [3.8, 4) is 0 Å². The Kier molecular flexibility index (Phi) is 7.89. The minimum Gasteiger partial charge on any atom is -0.394 e. The molecule has 0 amide bonds. The number of hydrogen-bond donors (Lipinski definition) is 9. The molecule has 2 saturated heterocycles. The summed E-state index contributed by atoms with van der Waals surface area (Å²) in [5.41, 5.74) is 3.52. The van der Waals surface area contributed by atoms with E-state index in [-0.39, 0.29) is 19.4 Å². The fourth-order valence-electron chi connectivity index (χ4n) is 3.46. The predicted molar refractivity (Wildman–Crippen MR) is 85.9 cm³/mol. The Balaban J connectivity index is 2.34. The fraction of sp³-hybridized carbons (Fsp3) is 1.00. The summed E-state index contributed by atoms with van der Waals surface area (Å²) in [5, 5.41) is 79.7. The largest absolute Gasteiger partial charge is 0.394 e. The molecule has 0 saturated carbocycles. The number of nitrogens with two attached hydrogens (primary N) is 1. The van der Waals surface area contributed by atoms with Crippen molar-refractivity contribution >= 4 is 0 Å². The quantitative estimate of drug-likeness (QED) is 0.196. The Hall–Kier alpha value is -0.480. The average molecular weight is 399 g/mol. The first-order valence-electron chi connectivity index (χ1n) is 8.72. The van der Waals surface area contributed by atoms with Gasteiger partial charge in [-0.15, -0.1) is 0 Å². The second kappa shape index (κ2) is 9.35. The Morgan fingerprint density at radius 3 is 2.00 bits per heavy atom. The topological polar surface area (TPSA) is 216 Å². The van der Waals surface area contributed by atoms with Gasteiger partial charge >= 0.3 is 0 Å². The molecule has 0 aromatic rings. The molecule has 0 bridgehead atoms. The first kappa shape index (κ1) is 22.8. The number of aliphatic hydroxyl groups is 8. The predicted octanol–water partition coefficient (Wildman–Crippen LogP) is -5.29. The molecular formula is C15H29NO11. The summed E-state index contributed by atoms with van der Waals surface area (Å²) in [6.07, 6.45) is -14.6. The molecule has 0 spiro atoms. The first-order valence-corrected chi connectivity index (χ1v) is 8.72. The van der Waals surface area contributed by atoms with Crippen LogP contribution in [0.1, 0.15) is 12.8 Å². The van der Waals surface area contributed by atoms with Crippen LogP contribution in [0.2, 0.25) is 0 Å². The van der Waals surface area contributed by atoms with Crippen LogP contribution >= 0.6 is 0 Å². The molecular weight excluding hydrogens is 370 g/mol. The van der Waals surface area contributed by atoms with Crippen molar-refractivity contribution in [1.82, 2.24) is 0 Å². The molecule has 0 radical (unpaired) electrons. The van der Waals surface area contributed by atoms with Gasteiger partial charge in [-0.2, -0.15) is 0 Å². The molecule has 2 rings (SSSR count). The van der Waals surface area contributed by atoms with Gasteiger partial charge in [-0.25, -0.2) is 0 Å². The summed E-state index contributed by atoms with van der Waals surface area (Å²) < 4.78 is 15.9. The van der Waals surface area contributed by atoms with Crippen LogP contribution in [0.4, 0.5) is 0 Å². The molecule has 0 aliphatic carbocycles. The van der Waals surface area contributed by atoms with Crippen molar-refractivity contribution in [2.75, 3.05) is 19.8 Å². The number of aliphatic hydroxyl groups excluding tert-OH is 8. The van der Waals surface area contributed by atoms with E-state index in [0.29, 0.717) is 0 Å². The zero-order valence-electron chi connectivity index (χ0n) is 14.6. The summed E-state index contributed by atoms with van der Waals surface area (Å²) in [6.45, 7) is -1.26. The smallest absolute Gasteiger partial charge is 0.187 e. The molecule has 27 heavy (non-hydrogen) atoms. The average Bonchev–Trinajstić information content (AvgIpc) is 2.67. The zero-order valence-corrected chi connectivity index (χ0v) is 14.6. The molecule has 2 heterocycles. The van der Waals surface area contributed by atoms with Gasteiger partial charge in [0.25, 0.3) is 0 Å². The first-order chi connectivity index (χ1) is 12.7. The molecule has 2 fully saturated rings. The molecule has 10 N–H and O–H groups in total. The van der Waals surface area contributed by atoms with Crippen molar-refractivity contribution in [3.63, 3.8) is 0 Å². The van der Waals surface area contributed by atoms with Gasteiger partial charge < -0.3 is 60.8 Å². The van der Waals surface area contributed by atoms with E-state index < -0.39 is 74.1 Å². The molecule has 0 aromatic heterocycles. The van der Waals surface area contributed by atoms with Crippen LogP contribution in [0.5, 0.6) is 0 Å². The molecule has 0 aromatic carbocycles. The Labute approximate surface area is 155 Å². The third kappa shape index (κ3) is 4.27. The third-order valence-electron chi connectivity index (χ3n) is 5.07.